The van der Waals surface area contributed by atoms with Crippen molar-refractivity contribution in [3.8, 4) is 0 Å². The third-order valence-electron chi connectivity index (χ3n) is 3.43. The van der Waals surface area contributed by atoms with Gasteiger partial charge < -0.3 is 5.32 Å². The van der Waals surface area contributed by atoms with Gasteiger partial charge in [-0.1, -0.05) is 6.92 Å². The van der Waals surface area contributed by atoms with E-state index in [1.54, 1.807) is 6.92 Å². The molecule has 1 aliphatic rings. The molecule has 0 bridgehead atoms. The van der Waals surface area contributed by atoms with Gasteiger partial charge in [0.1, 0.15) is 9.84 Å². The maximum Gasteiger partial charge on any atom is 0.211 e. The molecule has 1 heterocycles. The number of rotatable bonds is 7. The average Bonchev–Trinajstić information content (AvgIpc) is 2.34. The highest BCUT2D eigenvalue weighted by Crippen LogP contribution is 2.13. The molecule has 0 spiro atoms. The lowest BCUT2D eigenvalue weighted by Gasteiger charge is -2.30. The third-order valence-corrected chi connectivity index (χ3v) is 6.52. The van der Waals surface area contributed by atoms with Crippen LogP contribution in [-0.2, 0) is 19.9 Å². The van der Waals surface area contributed by atoms with E-state index in [0.29, 0.717) is 32.1 Å². The van der Waals surface area contributed by atoms with Gasteiger partial charge in [0, 0.05) is 24.9 Å². The highest BCUT2D eigenvalue weighted by atomic mass is 32.2. The van der Waals surface area contributed by atoms with Crippen molar-refractivity contribution >= 4 is 19.9 Å². The molecule has 8 heteroatoms. The lowest BCUT2D eigenvalue weighted by molar-refractivity contribution is 0.291. The van der Waals surface area contributed by atoms with Crippen LogP contribution in [0.1, 0.15) is 26.2 Å². The number of sulfonamides is 1. The molecule has 1 rings (SSSR count). The van der Waals surface area contributed by atoms with Crippen molar-refractivity contribution in [3.05, 3.63) is 0 Å². The molecule has 0 atom stereocenters. The van der Waals surface area contributed by atoms with Gasteiger partial charge in [-0.15, -0.1) is 0 Å². The zero-order valence-electron chi connectivity index (χ0n) is 11.6. The Kier molecular flexibility index (Phi) is 6.22. The van der Waals surface area contributed by atoms with Gasteiger partial charge in [0.25, 0.3) is 0 Å². The van der Waals surface area contributed by atoms with E-state index in [0.717, 1.165) is 12.8 Å². The first-order valence-corrected chi connectivity index (χ1v) is 10.3. The number of nitrogens with zero attached hydrogens (tertiary/aromatic N) is 1. The zero-order valence-corrected chi connectivity index (χ0v) is 13.3. The summed E-state index contributed by atoms with van der Waals surface area (Å²) in [6.45, 7) is 3.42. The second kappa shape index (κ2) is 7.01. The van der Waals surface area contributed by atoms with E-state index in [4.69, 9.17) is 0 Å². The molecule has 1 fully saturated rings. The number of piperidine rings is 1. The fraction of sp³-hybridized carbons (Fsp3) is 1.00. The van der Waals surface area contributed by atoms with Gasteiger partial charge in [-0.25, -0.2) is 21.1 Å². The van der Waals surface area contributed by atoms with Gasteiger partial charge in [0.15, 0.2) is 0 Å². The second-order valence-corrected chi connectivity index (χ2v) is 9.44. The molecule has 1 saturated heterocycles. The van der Waals surface area contributed by atoms with Crippen molar-refractivity contribution in [2.75, 3.05) is 37.4 Å². The summed E-state index contributed by atoms with van der Waals surface area (Å²) in [5, 5.41) is 3.30. The largest absolute Gasteiger partial charge is 0.314 e. The highest BCUT2D eigenvalue weighted by Gasteiger charge is 2.24. The van der Waals surface area contributed by atoms with Crippen LogP contribution >= 0.6 is 0 Å². The number of sulfone groups is 1. The van der Waals surface area contributed by atoms with Crippen molar-refractivity contribution in [3.63, 3.8) is 0 Å². The van der Waals surface area contributed by atoms with Crippen LogP contribution in [0.5, 0.6) is 0 Å². The Morgan fingerprint density at radius 1 is 1.16 bits per heavy atom. The molecule has 19 heavy (non-hydrogen) atoms. The molecule has 0 amide bonds. The minimum Gasteiger partial charge on any atom is -0.314 e. The van der Waals surface area contributed by atoms with Crippen LogP contribution in [0, 0.1) is 0 Å². The van der Waals surface area contributed by atoms with E-state index in [9.17, 15) is 16.8 Å². The highest BCUT2D eigenvalue weighted by molar-refractivity contribution is 7.91. The van der Waals surface area contributed by atoms with E-state index < -0.39 is 19.9 Å². The van der Waals surface area contributed by atoms with Crippen LogP contribution in [0.4, 0.5) is 0 Å². The van der Waals surface area contributed by atoms with Crippen molar-refractivity contribution in [1.29, 1.82) is 0 Å². The molecule has 0 saturated carbocycles. The smallest absolute Gasteiger partial charge is 0.211 e. The van der Waals surface area contributed by atoms with Crippen LogP contribution in [0.15, 0.2) is 0 Å². The molecule has 0 unspecified atom stereocenters. The summed E-state index contributed by atoms with van der Waals surface area (Å²) in [6.07, 6.45) is 3.42. The van der Waals surface area contributed by atoms with E-state index in [1.807, 2.05) is 0 Å². The molecular formula is C11H24N2O4S2. The summed E-state index contributed by atoms with van der Waals surface area (Å²) >= 11 is 0. The van der Waals surface area contributed by atoms with Crippen LogP contribution in [0.2, 0.25) is 0 Å². The number of nitrogens with one attached hydrogen (secondary N) is 1. The normalized spacial score (nSPS) is 19.7. The summed E-state index contributed by atoms with van der Waals surface area (Å²) in [6, 6.07) is 0.294. The predicted octanol–water partition coefficient (Wildman–Crippen LogP) is -0.175. The Balaban J connectivity index is 2.20. The molecule has 0 aromatic rings. The Morgan fingerprint density at radius 3 is 2.21 bits per heavy atom. The second-order valence-electron chi connectivity index (χ2n) is 4.98. The molecule has 0 radical (unpaired) electrons. The summed E-state index contributed by atoms with van der Waals surface area (Å²) < 4.78 is 46.8. The van der Waals surface area contributed by atoms with E-state index in [2.05, 4.69) is 5.32 Å². The molecule has 6 nitrogen and oxygen atoms in total. The average molecular weight is 312 g/mol. The van der Waals surface area contributed by atoms with Gasteiger partial charge >= 0.3 is 0 Å². The maximum absolute atomic E-state index is 11.3. The Morgan fingerprint density at radius 2 is 1.74 bits per heavy atom. The molecule has 0 aromatic carbocycles. The summed E-state index contributed by atoms with van der Waals surface area (Å²) in [4.78, 5) is 0. The summed E-state index contributed by atoms with van der Waals surface area (Å²) in [5.41, 5.74) is 0. The van der Waals surface area contributed by atoms with Crippen LogP contribution < -0.4 is 5.32 Å². The Bertz CT molecular complexity index is 465. The number of hydrogen-bond acceptors (Lipinski definition) is 5. The minimum absolute atomic E-state index is 0.194. The molecule has 0 aromatic heterocycles. The van der Waals surface area contributed by atoms with Crippen molar-refractivity contribution < 1.29 is 16.8 Å². The summed E-state index contributed by atoms with van der Waals surface area (Å²) in [7, 11) is -5.95. The van der Waals surface area contributed by atoms with Crippen LogP contribution in [-0.4, -0.2) is 64.6 Å². The van der Waals surface area contributed by atoms with Gasteiger partial charge in [-0.3, -0.25) is 0 Å². The van der Waals surface area contributed by atoms with Crippen LogP contribution in [0.25, 0.3) is 0 Å². The zero-order chi connectivity index (χ0) is 14.5. The minimum atomic E-state index is -3.07. The van der Waals surface area contributed by atoms with Gasteiger partial charge in [-0.2, -0.15) is 0 Å². The topological polar surface area (TPSA) is 83.6 Å². The summed E-state index contributed by atoms with van der Waals surface area (Å²) in [5.74, 6) is 0.415. The van der Waals surface area contributed by atoms with E-state index >= 15 is 0 Å². The first kappa shape index (κ1) is 16.9. The first-order valence-electron chi connectivity index (χ1n) is 6.63. The molecule has 0 aliphatic carbocycles. The first-order chi connectivity index (χ1) is 8.74. The standard InChI is InChI=1S/C11H24N2O4S2/c1-3-19(16,17)10-4-7-12-11-5-8-13(9-6-11)18(2,14)15/h11-12H,3-10H2,1-2H3. The Labute approximate surface area is 116 Å². The molecule has 1 N–H and O–H groups in total. The fourth-order valence-corrected chi connectivity index (χ4v) is 3.88. The molecule has 114 valence electrons. The van der Waals surface area contributed by atoms with Crippen molar-refractivity contribution in [1.82, 2.24) is 9.62 Å². The monoisotopic (exact) mass is 312 g/mol. The predicted molar refractivity (Wildman–Crippen MR) is 76.4 cm³/mol. The lowest BCUT2D eigenvalue weighted by Crippen LogP contribution is -2.44. The van der Waals surface area contributed by atoms with Gasteiger partial charge in [-0.05, 0) is 25.8 Å². The van der Waals surface area contributed by atoms with E-state index in [-0.39, 0.29) is 11.5 Å². The molecule has 1 aliphatic heterocycles. The van der Waals surface area contributed by atoms with Gasteiger partial charge in [0.05, 0.1) is 12.0 Å². The maximum atomic E-state index is 11.3. The quantitative estimate of drug-likeness (QED) is 0.660. The van der Waals surface area contributed by atoms with Gasteiger partial charge in [0.2, 0.25) is 10.0 Å². The van der Waals surface area contributed by atoms with E-state index in [1.165, 1.54) is 10.6 Å². The van der Waals surface area contributed by atoms with Crippen LogP contribution in [0.3, 0.4) is 0 Å². The van der Waals surface area contributed by atoms with Crippen molar-refractivity contribution in [2.24, 2.45) is 0 Å². The number of hydrogen-bond donors (Lipinski definition) is 1. The Hall–Kier alpha value is -0.180. The molecular weight excluding hydrogens is 288 g/mol. The van der Waals surface area contributed by atoms with Crippen molar-refractivity contribution in [2.45, 2.75) is 32.2 Å². The third kappa shape index (κ3) is 6.20. The SMILES string of the molecule is CCS(=O)(=O)CCCNC1CCN(S(C)(=O)=O)CC1. The fourth-order valence-electron chi connectivity index (χ4n) is 2.13. The lowest BCUT2D eigenvalue weighted by atomic mass is 10.1.